The van der Waals surface area contributed by atoms with E-state index in [-0.39, 0.29) is 29.9 Å². The van der Waals surface area contributed by atoms with Crippen molar-refractivity contribution in [2.75, 3.05) is 13.1 Å². The lowest BCUT2D eigenvalue weighted by molar-refractivity contribution is 0.559. The van der Waals surface area contributed by atoms with Gasteiger partial charge in [-0.15, -0.1) is 24.0 Å². The molecule has 2 N–H and O–H groups in total. The highest BCUT2D eigenvalue weighted by atomic mass is 127. The molecule has 23 heavy (non-hydrogen) atoms. The largest absolute Gasteiger partial charge is 0.357 e. The lowest BCUT2D eigenvalue weighted by atomic mass is 10.0. The maximum atomic E-state index is 13.8. The molecule has 1 aromatic carbocycles. The van der Waals surface area contributed by atoms with Crippen molar-refractivity contribution in [3.8, 4) is 0 Å². The van der Waals surface area contributed by atoms with Crippen LogP contribution in [0.4, 0.5) is 8.78 Å². The first-order chi connectivity index (χ1) is 10.6. The standard InChI is InChI=1S/C17H23F2N3.HI/c1-3-20-17(22-14-6-4-5-7-14)21-11-12(2)15-9-8-13(18)10-16(15)19;/h4-5,8-10,12,14H,3,6-7,11H2,1-2H3,(H2,20,21,22);1H. The molecule has 1 aliphatic rings. The van der Waals surface area contributed by atoms with Crippen LogP contribution in [-0.4, -0.2) is 25.1 Å². The quantitative estimate of drug-likeness (QED) is 0.318. The lowest BCUT2D eigenvalue weighted by Crippen LogP contribution is -2.42. The van der Waals surface area contributed by atoms with E-state index in [0.29, 0.717) is 18.2 Å². The normalized spacial score (nSPS) is 16.1. The van der Waals surface area contributed by atoms with Crippen molar-refractivity contribution >= 4 is 29.9 Å². The summed E-state index contributed by atoms with van der Waals surface area (Å²) in [4.78, 5) is 4.52. The molecule has 1 aromatic rings. The van der Waals surface area contributed by atoms with Crippen LogP contribution in [0.5, 0.6) is 0 Å². The molecule has 1 unspecified atom stereocenters. The molecule has 1 aliphatic carbocycles. The summed E-state index contributed by atoms with van der Waals surface area (Å²) in [6.07, 6.45) is 6.29. The van der Waals surface area contributed by atoms with Gasteiger partial charge < -0.3 is 10.6 Å². The molecule has 0 saturated carbocycles. The molecule has 0 aromatic heterocycles. The van der Waals surface area contributed by atoms with Gasteiger partial charge in [-0.2, -0.15) is 0 Å². The van der Waals surface area contributed by atoms with Crippen LogP contribution >= 0.6 is 24.0 Å². The summed E-state index contributed by atoms with van der Waals surface area (Å²) in [5, 5.41) is 6.57. The van der Waals surface area contributed by atoms with E-state index in [2.05, 4.69) is 27.8 Å². The van der Waals surface area contributed by atoms with Gasteiger partial charge in [0.15, 0.2) is 5.96 Å². The van der Waals surface area contributed by atoms with Gasteiger partial charge in [-0.1, -0.05) is 25.1 Å². The molecule has 0 heterocycles. The van der Waals surface area contributed by atoms with Crippen molar-refractivity contribution in [3.63, 3.8) is 0 Å². The topological polar surface area (TPSA) is 36.4 Å². The van der Waals surface area contributed by atoms with Gasteiger partial charge in [0.25, 0.3) is 0 Å². The Morgan fingerprint density at radius 3 is 2.61 bits per heavy atom. The molecule has 0 radical (unpaired) electrons. The molecule has 2 rings (SSSR count). The Balaban J connectivity index is 0.00000264. The van der Waals surface area contributed by atoms with Crippen molar-refractivity contribution in [2.45, 2.75) is 38.6 Å². The number of nitrogens with one attached hydrogen (secondary N) is 2. The fourth-order valence-electron chi connectivity index (χ4n) is 2.48. The van der Waals surface area contributed by atoms with Crippen molar-refractivity contribution in [1.29, 1.82) is 0 Å². The Kier molecular flexibility index (Phi) is 8.51. The number of halogens is 3. The second-order valence-corrected chi connectivity index (χ2v) is 5.57. The van der Waals surface area contributed by atoms with E-state index in [9.17, 15) is 8.78 Å². The van der Waals surface area contributed by atoms with E-state index < -0.39 is 11.6 Å². The van der Waals surface area contributed by atoms with E-state index in [1.165, 1.54) is 12.1 Å². The van der Waals surface area contributed by atoms with Gasteiger partial charge >= 0.3 is 0 Å². The predicted octanol–water partition coefficient (Wildman–Crippen LogP) is 3.96. The molecular formula is C17H24F2IN3. The first-order valence-corrected chi connectivity index (χ1v) is 7.75. The predicted molar refractivity (Wildman–Crippen MR) is 101 cm³/mol. The number of nitrogens with zero attached hydrogens (tertiary/aromatic N) is 1. The molecule has 0 fully saturated rings. The second kappa shape index (κ2) is 9.85. The number of benzene rings is 1. The van der Waals surface area contributed by atoms with E-state index in [0.717, 1.165) is 31.4 Å². The summed E-state index contributed by atoms with van der Waals surface area (Å²) < 4.78 is 26.7. The highest BCUT2D eigenvalue weighted by Gasteiger charge is 2.14. The van der Waals surface area contributed by atoms with Crippen molar-refractivity contribution in [2.24, 2.45) is 4.99 Å². The first-order valence-electron chi connectivity index (χ1n) is 7.75. The Bertz CT molecular complexity index is 553. The van der Waals surface area contributed by atoms with Crippen LogP contribution < -0.4 is 10.6 Å². The smallest absolute Gasteiger partial charge is 0.191 e. The number of rotatable bonds is 5. The van der Waals surface area contributed by atoms with Crippen molar-refractivity contribution in [1.82, 2.24) is 10.6 Å². The third kappa shape index (κ3) is 6.08. The van der Waals surface area contributed by atoms with Crippen LogP contribution in [0.15, 0.2) is 35.3 Å². The molecule has 1 atom stereocenters. The number of hydrogen-bond donors (Lipinski definition) is 2. The molecule has 0 spiro atoms. The van der Waals surface area contributed by atoms with Crippen LogP contribution in [0.1, 0.15) is 38.2 Å². The Labute approximate surface area is 153 Å². The highest BCUT2D eigenvalue weighted by molar-refractivity contribution is 14.0. The van der Waals surface area contributed by atoms with Gasteiger partial charge in [-0.25, -0.2) is 8.78 Å². The molecule has 0 amide bonds. The minimum absolute atomic E-state index is 0. The van der Waals surface area contributed by atoms with Crippen molar-refractivity contribution < 1.29 is 8.78 Å². The van der Waals surface area contributed by atoms with E-state index in [4.69, 9.17) is 0 Å². The lowest BCUT2D eigenvalue weighted by Gasteiger charge is -2.18. The van der Waals surface area contributed by atoms with Crippen LogP contribution in [-0.2, 0) is 0 Å². The second-order valence-electron chi connectivity index (χ2n) is 5.57. The maximum Gasteiger partial charge on any atom is 0.191 e. The maximum absolute atomic E-state index is 13.8. The molecule has 6 heteroatoms. The number of aliphatic imine (C=N–C) groups is 1. The van der Waals surface area contributed by atoms with E-state index in [1.807, 2.05) is 13.8 Å². The summed E-state index contributed by atoms with van der Waals surface area (Å²) in [7, 11) is 0. The molecular weight excluding hydrogens is 411 g/mol. The van der Waals surface area contributed by atoms with E-state index >= 15 is 0 Å². The minimum atomic E-state index is -0.555. The summed E-state index contributed by atoms with van der Waals surface area (Å²) in [6, 6.07) is 4.07. The Hall–Kier alpha value is -1.18. The SMILES string of the molecule is CCNC(=NCC(C)c1ccc(F)cc1F)NC1CC=CC1.I. The third-order valence-corrected chi connectivity index (χ3v) is 3.71. The van der Waals surface area contributed by atoms with Crippen LogP contribution in [0.3, 0.4) is 0 Å². The summed E-state index contributed by atoms with van der Waals surface area (Å²) in [5.74, 6) is -0.440. The number of guanidine groups is 1. The van der Waals surface area contributed by atoms with Gasteiger partial charge in [0.05, 0.1) is 0 Å². The van der Waals surface area contributed by atoms with Gasteiger partial charge in [-0.05, 0) is 31.4 Å². The van der Waals surface area contributed by atoms with E-state index in [1.54, 1.807) is 0 Å². The number of hydrogen-bond acceptors (Lipinski definition) is 1. The molecule has 128 valence electrons. The minimum Gasteiger partial charge on any atom is -0.357 e. The first kappa shape index (κ1) is 19.9. The average molecular weight is 435 g/mol. The van der Waals surface area contributed by atoms with Gasteiger partial charge in [0, 0.05) is 31.1 Å². The van der Waals surface area contributed by atoms with Crippen molar-refractivity contribution in [3.05, 3.63) is 47.5 Å². The Morgan fingerprint density at radius 1 is 1.30 bits per heavy atom. The molecule has 0 aliphatic heterocycles. The zero-order chi connectivity index (χ0) is 15.9. The Morgan fingerprint density at radius 2 is 2.00 bits per heavy atom. The van der Waals surface area contributed by atoms with Crippen LogP contribution in [0, 0.1) is 11.6 Å². The summed E-state index contributed by atoms with van der Waals surface area (Å²) in [5.41, 5.74) is 0.489. The van der Waals surface area contributed by atoms with Gasteiger partial charge in [0.1, 0.15) is 11.6 Å². The molecule has 0 saturated heterocycles. The third-order valence-electron chi connectivity index (χ3n) is 3.71. The zero-order valence-corrected chi connectivity index (χ0v) is 15.8. The van der Waals surface area contributed by atoms with Gasteiger partial charge in [0.2, 0.25) is 0 Å². The highest BCUT2D eigenvalue weighted by Crippen LogP contribution is 2.20. The van der Waals surface area contributed by atoms with Gasteiger partial charge in [-0.3, -0.25) is 4.99 Å². The van der Waals surface area contributed by atoms with Crippen LogP contribution in [0.2, 0.25) is 0 Å². The monoisotopic (exact) mass is 435 g/mol. The summed E-state index contributed by atoms with van der Waals surface area (Å²) >= 11 is 0. The fraction of sp³-hybridized carbons (Fsp3) is 0.471. The average Bonchev–Trinajstić information content (AvgIpc) is 2.97. The molecule has 3 nitrogen and oxygen atoms in total. The summed E-state index contributed by atoms with van der Waals surface area (Å²) in [6.45, 7) is 5.11. The fourth-order valence-corrected chi connectivity index (χ4v) is 2.48. The zero-order valence-electron chi connectivity index (χ0n) is 13.5. The van der Waals surface area contributed by atoms with Crippen LogP contribution in [0.25, 0.3) is 0 Å². The molecule has 0 bridgehead atoms.